The summed E-state index contributed by atoms with van der Waals surface area (Å²) < 4.78 is 5.49. The van der Waals surface area contributed by atoms with Gasteiger partial charge in [0.05, 0.1) is 12.0 Å². The van der Waals surface area contributed by atoms with Gasteiger partial charge in [-0.25, -0.2) is 0 Å². The number of carbonyl (C=O) groups excluding carboxylic acids is 1. The lowest BCUT2D eigenvalue weighted by Gasteiger charge is -2.37. The molecule has 0 N–H and O–H groups in total. The fourth-order valence-electron chi connectivity index (χ4n) is 1.22. The standard InChI is InChI=1S/C8H15NO2/c1-5-6(2)11-7(3)9(4)8(5)10/h5-7H,1-4H3/t5?,6-,7?/m0/s1. The van der Waals surface area contributed by atoms with Crippen molar-refractivity contribution in [2.24, 2.45) is 5.92 Å². The van der Waals surface area contributed by atoms with E-state index in [1.807, 2.05) is 20.8 Å². The largest absolute Gasteiger partial charge is 0.355 e. The van der Waals surface area contributed by atoms with E-state index < -0.39 is 0 Å². The summed E-state index contributed by atoms with van der Waals surface area (Å²) in [7, 11) is 1.77. The summed E-state index contributed by atoms with van der Waals surface area (Å²) in [6.07, 6.45) is -0.0256. The lowest BCUT2D eigenvalue weighted by Crippen LogP contribution is -2.50. The molecule has 0 spiro atoms. The summed E-state index contributed by atoms with van der Waals surface area (Å²) in [6, 6.07) is 0. The highest BCUT2D eigenvalue weighted by molar-refractivity contribution is 5.79. The van der Waals surface area contributed by atoms with Crippen LogP contribution in [0.1, 0.15) is 20.8 Å². The van der Waals surface area contributed by atoms with Crippen molar-refractivity contribution in [3.05, 3.63) is 0 Å². The zero-order chi connectivity index (χ0) is 8.59. The van der Waals surface area contributed by atoms with E-state index in [2.05, 4.69) is 0 Å². The van der Waals surface area contributed by atoms with Crippen LogP contribution in [0.4, 0.5) is 0 Å². The molecule has 3 heteroatoms. The molecule has 1 rings (SSSR count). The van der Waals surface area contributed by atoms with Crippen molar-refractivity contribution < 1.29 is 9.53 Å². The molecule has 0 aromatic carbocycles. The van der Waals surface area contributed by atoms with E-state index >= 15 is 0 Å². The lowest BCUT2D eigenvalue weighted by molar-refractivity contribution is -0.175. The predicted molar refractivity (Wildman–Crippen MR) is 41.9 cm³/mol. The van der Waals surface area contributed by atoms with E-state index in [0.29, 0.717) is 0 Å². The molecule has 0 aromatic rings. The van der Waals surface area contributed by atoms with Crippen LogP contribution in [0.25, 0.3) is 0 Å². The molecule has 1 aliphatic rings. The van der Waals surface area contributed by atoms with Gasteiger partial charge in [0, 0.05) is 7.05 Å². The summed E-state index contributed by atoms with van der Waals surface area (Å²) in [6.45, 7) is 5.72. The Balaban J connectivity index is 2.71. The average Bonchev–Trinajstić information content (AvgIpc) is 1.97. The Morgan fingerprint density at radius 1 is 1.36 bits per heavy atom. The smallest absolute Gasteiger partial charge is 0.229 e. The fourth-order valence-corrected chi connectivity index (χ4v) is 1.22. The number of hydrogen-bond acceptors (Lipinski definition) is 2. The van der Waals surface area contributed by atoms with Gasteiger partial charge in [0.2, 0.25) is 5.91 Å². The van der Waals surface area contributed by atoms with Gasteiger partial charge >= 0.3 is 0 Å². The van der Waals surface area contributed by atoms with Gasteiger partial charge in [-0.05, 0) is 13.8 Å². The molecular weight excluding hydrogens is 142 g/mol. The van der Waals surface area contributed by atoms with Crippen LogP contribution in [0.15, 0.2) is 0 Å². The molecule has 11 heavy (non-hydrogen) atoms. The van der Waals surface area contributed by atoms with Gasteiger partial charge in [-0.15, -0.1) is 0 Å². The Hall–Kier alpha value is -0.570. The van der Waals surface area contributed by atoms with E-state index in [4.69, 9.17) is 4.74 Å². The van der Waals surface area contributed by atoms with Crippen LogP contribution in [0, 0.1) is 5.92 Å². The first-order chi connectivity index (χ1) is 5.04. The average molecular weight is 157 g/mol. The van der Waals surface area contributed by atoms with Crippen molar-refractivity contribution in [1.29, 1.82) is 0 Å². The third-order valence-corrected chi connectivity index (χ3v) is 2.40. The molecule has 2 unspecified atom stereocenters. The van der Waals surface area contributed by atoms with Gasteiger partial charge in [0.1, 0.15) is 6.23 Å². The first kappa shape index (κ1) is 8.53. The van der Waals surface area contributed by atoms with Crippen molar-refractivity contribution >= 4 is 5.91 Å². The molecule has 1 fully saturated rings. The Labute approximate surface area is 67.3 Å². The minimum absolute atomic E-state index is 0.00352. The van der Waals surface area contributed by atoms with Crippen molar-refractivity contribution in [1.82, 2.24) is 4.90 Å². The summed E-state index contributed by atoms with van der Waals surface area (Å²) in [5.41, 5.74) is 0. The Bertz CT molecular complexity index is 153. The van der Waals surface area contributed by atoms with Crippen LogP contribution in [0.3, 0.4) is 0 Å². The highest BCUT2D eigenvalue weighted by Gasteiger charge is 2.33. The molecule has 1 aliphatic heterocycles. The number of nitrogens with zero attached hydrogens (tertiary/aromatic N) is 1. The minimum Gasteiger partial charge on any atom is -0.355 e. The van der Waals surface area contributed by atoms with Gasteiger partial charge in [0.25, 0.3) is 0 Å². The molecule has 0 aliphatic carbocycles. The maximum atomic E-state index is 11.4. The normalized spacial score (nSPS) is 39.5. The highest BCUT2D eigenvalue weighted by Crippen LogP contribution is 2.20. The third kappa shape index (κ3) is 1.38. The van der Waals surface area contributed by atoms with Crippen LogP contribution in [-0.2, 0) is 9.53 Å². The number of carbonyl (C=O) groups is 1. The Morgan fingerprint density at radius 2 is 1.91 bits per heavy atom. The van der Waals surface area contributed by atoms with Crippen molar-refractivity contribution in [2.45, 2.75) is 33.1 Å². The lowest BCUT2D eigenvalue weighted by atomic mass is 10.0. The minimum atomic E-state index is -0.0753. The fraction of sp³-hybridized carbons (Fsp3) is 0.875. The molecule has 1 amide bonds. The van der Waals surface area contributed by atoms with E-state index in [-0.39, 0.29) is 24.2 Å². The number of rotatable bonds is 0. The van der Waals surface area contributed by atoms with Gasteiger partial charge in [-0.2, -0.15) is 0 Å². The number of ether oxygens (including phenoxy) is 1. The third-order valence-electron chi connectivity index (χ3n) is 2.40. The first-order valence-electron chi connectivity index (χ1n) is 3.96. The second-order valence-corrected chi connectivity index (χ2v) is 3.18. The van der Waals surface area contributed by atoms with Gasteiger partial charge < -0.3 is 9.64 Å². The SMILES string of the molecule is CC1C(=O)N(C)C(C)O[C@H]1C. The maximum Gasteiger partial charge on any atom is 0.229 e. The van der Waals surface area contributed by atoms with E-state index in [1.54, 1.807) is 11.9 Å². The summed E-state index contributed by atoms with van der Waals surface area (Å²) in [5, 5.41) is 0. The molecule has 0 aromatic heterocycles. The van der Waals surface area contributed by atoms with Crippen molar-refractivity contribution in [3.8, 4) is 0 Å². The van der Waals surface area contributed by atoms with Gasteiger partial charge in [-0.3, -0.25) is 4.79 Å². The quantitative estimate of drug-likeness (QED) is 0.521. The summed E-state index contributed by atoms with van der Waals surface area (Å²) in [5.74, 6) is 0.174. The second kappa shape index (κ2) is 2.81. The topological polar surface area (TPSA) is 29.5 Å². The zero-order valence-corrected chi connectivity index (χ0v) is 7.50. The molecule has 3 nitrogen and oxygen atoms in total. The van der Waals surface area contributed by atoms with Gasteiger partial charge in [0.15, 0.2) is 0 Å². The van der Waals surface area contributed by atoms with E-state index in [9.17, 15) is 4.79 Å². The zero-order valence-electron chi connectivity index (χ0n) is 7.50. The summed E-state index contributed by atoms with van der Waals surface area (Å²) in [4.78, 5) is 13.0. The number of hydrogen-bond donors (Lipinski definition) is 0. The monoisotopic (exact) mass is 157 g/mol. The highest BCUT2D eigenvalue weighted by atomic mass is 16.5. The van der Waals surface area contributed by atoms with E-state index in [0.717, 1.165) is 0 Å². The van der Waals surface area contributed by atoms with Crippen LogP contribution >= 0.6 is 0 Å². The van der Waals surface area contributed by atoms with Crippen LogP contribution in [0.5, 0.6) is 0 Å². The van der Waals surface area contributed by atoms with Crippen molar-refractivity contribution in [2.75, 3.05) is 7.05 Å². The van der Waals surface area contributed by atoms with Crippen molar-refractivity contribution in [3.63, 3.8) is 0 Å². The molecule has 0 radical (unpaired) electrons. The molecule has 0 bridgehead atoms. The van der Waals surface area contributed by atoms with Gasteiger partial charge in [-0.1, -0.05) is 6.92 Å². The summed E-state index contributed by atoms with van der Waals surface area (Å²) >= 11 is 0. The van der Waals surface area contributed by atoms with Crippen LogP contribution in [0.2, 0.25) is 0 Å². The molecule has 64 valence electrons. The molecule has 3 atom stereocenters. The predicted octanol–water partition coefficient (Wildman–Crippen LogP) is 0.846. The van der Waals surface area contributed by atoms with E-state index in [1.165, 1.54) is 0 Å². The Morgan fingerprint density at radius 3 is 2.45 bits per heavy atom. The molecule has 1 saturated heterocycles. The van der Waals surface area contributed by atoms with Crippen LogP contribution < -0.4 is 0 Å². The molecular formula is C8H15NO2. The number of amides is 1. The molecule has 1 heterocycles. The van der Waals surface area contributed by atoms with Crippen LogP contribution in [-0.4, -0.2) is 30.2 Å². The second-order valence-electron chi connectivity index (χ2n) is 3.18. The molecule has 0 saturated carbocycles. The first-order valence-corrected chi connectivity index (χ1v) is 3.96. The Kier molecular flexibility index (Phi) is 2.18. The maximum absolute atomic E-state index is 11.4.